The van der Waals surface area contributed by atoms with Crippen LogP contribution in [0.1, 0.15) is 55.3 Å². The monoisotopic (exact) mass is 442 g/mol. The number of fused-ring (bicyclic) bond motifs is 1. The van der Waals surface area contributed by atoms with E-state index in [1.54, 1.807) is 29.2 Å². The van der Waals surface area contributed by atoms with Gasteiger partial charge in [0.1, 0.15) is 12.1 Å². The average molecular weight is 443 g/mol. The Balaban J connectivity index is 1.77. The highest BCUT2D eigenvalue weighted by Crippen LogP contribution is 2.38. The zero-order valence-electron chi connectivity index (χ0n) is 18.4. The number of primary amides is 1. The summed E-state index contributed by atoms with van der Waals surface area (Å²) in [5.74, 6) is -0.328. The number of amides is 3. The smallest absolute Gasteiger partial charge is 0.251 e. The third-order valence-electron chi connectivity index (χ3n) is 6.60. The number of carbonyl (C=O) groups excluding carboxylic acids is 3. The van der Waals surface area contributed by atoms with E-state index in [1.807, 2.05) is 6.07 Å². The summed E-state index contributed by atoms with van der Waals surface area (Å²) >= 11 is 0. The van der Waals surface area contributed by atoms with E-state index in [0.717, 1.165) is 25.7 Å². The molecule has 1 aromatic carbocycles. The van der Waals surface area contributed by atoms with Crippen LogP contribution in [0.4, 0.5) is 0 Å². The van der Waals surface area contributed by atoms with Crippen molar-refractivity contribution in [1.82, 2.24) is 10.2 Å². The van der Waals surface area contributed by atoms with E-state index >= 15 is 0 Å². The number of piperidine rings is 1. The fourth-order valence-corrected chi connectivity index (χ4v) is 4.93. The molecule has 1 aromatic rings. The predicted molar refractivity (Wildman–Crippen MR) is 122 cm³/mol. The molecule has 1 heterocycles. The van der Waals surface area contributed by atoms with Crippen molar-refractivity contribution < 1.29 is 14.4 Å². The van der Waals surface area contributed by atoms with E-state index in [2.05, 4.69) is 10.3 Å². The first kappa shape index (κ1) is 23.6. The molecule has 4 atom stereocenters. The topological polar surface area (TPSA) is 157 Å². The van der Waals surface area contributed by atoms with Gasteiger partial charge in [0.25, 0.3) is 5.91 Å². The molecule has 7 N–H and O–H groups in total. The van der Waals surface area contributed by atoms with Crippen LogP contribution < -0.4 is 22.5 Å². The molecule has 32 heavy (non-hydrogen) atoms. The second kappa shape index (κ2) is 11.0. The molecule has 0 aromatic heterocycles. The van der Waals surface area contributed by atoms with Gasteiger partial charge in [0.15, 0.2) is 5.96 Å². The molecule has 0 spiro atoms. The van der Waals surface area contributed by atoms with E-state index in [4.69, 9.17) is 17.2 Å². The highest BCUT2D eigenvalue weighted by molar-refractivity contribution is 5.98. The van der Waals surface area contributed by atoms with Gasteiger partial charge in [-0.2, -0.15) is 0 Å². The van der Waals surface area contributed by atoms with Crippen LogP contribution in [0.5, 0.6) is 0 Å². The Labute approximate surface area is 188 Å². The second-order valence-electron chi connectivity index (χ2n) is 8.79. The standard InChI is InChI=1S/C23H34N6O3/c24-20(30)19-13-16-9-4-5-10-17(16)14-29(19)22(32)18(11-6-12-27-23(25)26)28-21(31)15-7-2-1-3-8-15/h1-3,7-8,16-19H,4-6,9-14H2,(H2,24,30)(H,28,31)(H4,25,26,27). The minimum atomic E-state index is -0.793. The summed E-state index contributed by atoms with van der Waals surface area (Å²) in [5.41, 5.74) is 16.9. The minimum Gasteiger partial charge on any atom is -0.370 e. The van der Waals surface area contributed by atoms with Crippen LogP contribution in [0.2, 0.25) is 0 Å². The number of nitrogens with two attached hydrogens (primary N) is 3. The number of guanidine groups is 1. The van der Waals surface area contributed by atoms with Gasteiger partial charge in [0, 0.05) is 18.7 Å². The molecule has 2 aliphatic rings. The van der Waals surface area contributed by atoms with Crippen LogP contribution in [0, 0.1) is 11.8 Å². The molecule has 1 saturated heterocycles. The van der Waals surface area contributed by atoms with Gasteiger partial charge in [-0.25, -0.2) is 0 Å². The molecule has 174 valence electrons. The first-order valence-corrected chi connectivity index (χ1v) is 11.4. The number of benzene rings is 1. The molecule has 1 aliphatic heterocycles. The lowest BCUT2D eigenvalue weighted by atomic mass is 9.72. The van der Waals surface area contributed by atoms with Crippen molar-refractivity contribution in [1.29, 1.82) is 0 Å². The number of hydrogen-bond acceptors (Lipinski definition) is 4. The Morgan fingerprint density at radius 3 is 2.41 bits per heavy atom. The molecule has 2 fully saturated rings. The average Bonchev–Trinajstić information content (AvgIpc) is 2.79. The van der Waals surface area contributed by atoms with Crippen LogP contribution >= 0.6 is 0 Å². The lowest BCUT2D eigenvalue weighted by molar-refractivity contribution is -0.146. The third kappa shape index (κ3) is 5.99. The first-order chi connectivity index (χ1) is 15.4. The number of rotatable bonds is 8. The highest BCUT2D eigenvalue weighted by Gasteiger charge is 2.42. The third-order valence-corrected chi connectivity index (χ3v) is 6.60. The summed E-state index contributed by atoms with van der Waals surface area (Å²) in [7, 11) is 0. The summed E-state index contributed by atoms with van der Waals surface area (Å²) in [4.78, 5) is 44.2. The van der Waals surface area contributed by atoms with Crippen LogP contribution in [0.3, 0.4) is 0 Å². The zero-order chi connectivity index (χ0) is 23.1. The molecule has 4 unspecified atom stereocenters. The van der Waals surface area contributed by atoms with Crippen molar-refractivity contribution in [2.75, 3.05) is 13.1 Å². The van der Waals surface area contributed by atoms with Crippen molar-refractivity contribution in [3.63, 3.8) is 0 Å². The molecular formula is C23H34N6O3. The molecule has 9 heteroatoms. The Morgan fingerprint density at radius 2 is 1.75 bits per heavy atom. The van der Waals surface area contributed by atoms with E-state index in [-0.39, 0.29) is 17.8 Å². The van der Waals surface area contributed by atoms with Gasteiger partial charge >= 0.3 is 0 Å². The summed E-state index contributed by atoms with van der Waals surface area (Å²) in [6.07, 6.45) is 5.86. The van der Waals surface area contributed by atoms with Crippen LogP contribution in [0.15, 0.2) is 35.3 Å². The highest BCUT2D eigenvalue weighted by atomic mass is 16.2. The van der Waals surface area contributed by atoms with Gasteiger partial charge in [-0.3, -0.25) is 19.4 Å². The van der Waals surface area contributed by atoms with Crippen molar-refractivity contribution >= 4 is 23.7 Å². The maximum atomic E-state index is 13.6. The summed E-state index contributed by atoms with van der Waals surface area (Å²) < 4.78 is 0. The van der Waals surface area contributed by atoms with E-state index < -0.39 is 18.0 Å². The Hall–Kier alpha value is -3.10. The van der Waals surface area contributed by atoms with Gasteiger partial charge in [0.05, 0.1) is 0 Å². The summed E-state index contributed by atoms with van der Waals surface area (Å²) in [5, 5.41) is 2.86. The van der Waals surface area contributed by atoms with Gasteiger partial charge in [0.2, 0.25) is 11.8 Å². The van der Waals surface area contributed by atoms with Gasteiger partial charge < -0.3 is 27.4 Å². The van der Waals surface area contributed by atoms with Gasteiger partial charge in [-0.15, -0.1) is 0 Å². The van der Waals surface area contributed by atoms with E-state index in [0.29, 0.717) is 49.8 Å². The Bertz CT molecular complexity index is 839. The largest absolute Gasteiger partial charge is 0.370 e. The van der Waals surface area contributed by atoms with E-state index in [9.17, 15) is 14.4 Å². The van der Waals surface area contributed by atoms with E-state index in [1.165, 1.54) is 0 Å². The minimum absolute atomic E-state index is 0.0191. The number of hydrogen-bond donors (Lipinski definition) is 4. The van der Waals surface area contributed by atoms with Crippen molar-refractivity contribution in [3.05, 3.63) is 35.9 Å². The lowest BCUT2D eigenvalue weighted by Gasteiger charge is -2.46. The summed E-state index contributed by atoms with van der Waals surface area (Å²) in [6, 6.07) is 7.30. The van der Waals surface area contributed by atoms with Gasteiger partial charge in [-0.1, -0.05) is 37.5 Å². The number of aliphatic imine (C=N–C) groups is 1. The van der Waals surface area contributed by atoms with Crippen LogP contribution in [-0.2, 0) is 9.59 Å². The zero-order valence-corrected chi connectivity index (χ0v) is 18.4. The molecule has 0 radical (unpaired) electrons. The fraction of sp³-hybridized carbons (Fsp3) is 0.565. The first-order valence-electron chi connectivity index (χ1n) is 11.4. The molecule has 0 bridgehead atoms. The second-order valence-corrected chi connectivity index (χ2v) is 8.79. The number of nitrogens with one attached hydrogen (secondary N) is 1. The maximum Gasteiger partial charge on any atom is 0.251 e. The van der Waals surface area contributed by atoms with Crippen molar-refractivity contribution in [2.45, 2.75) is 57.0 Å². The normalized spacial score (nSPS) is 23.5. The Morgan fingerprint density at radius 1 is 1.06 bits per heavy atom. The maximum absolute atomic E-state index is 13.6. The van der Waals surface area contributed by atoms with Crippen molar-refractivity contribution in [3.8, 4) is 0 Å². The number of nitrogens with zero attached hydrogens (tertiary/aromatic N) is 2. The molecule has 1 saturated carbocycles. The number of likely N-dealkylation sites (tertiary alicyclic amines) is 1. The predicted octanol–water partition coefficient (Wildman–Crippen LogP) is 0.731. The molecular weight excluding hydrogens is 408 g/mol. The SMILES string of the molecule is NC(=O)C1CC2CCCCC2CN1C(=O)C(CCCN=C(N)N)NC(=O)c1ccccc1. The van der Waals surface area contributed by atoms with Gasteiger partial charge in [-0.05, 0) is 49.7 Å². The molecule has 1 aliphatic carbocycles. The Kier molecular flexibility index (Phi) is 8.08. The lowest BCUT2D eigenvalue weighted by Crippen LogP contribution is -2.60. The number of carbonyl (C=O) groups is 3. The van der Waals surface area contributed by atoms with Crippen LogP contribution in [0.25, 0.3) is 0 Å². The fourth-order valence-electron chi connectivity index (χ4n) is 4.93. The van der Waals surface area contributed by atoms with Crippen LogP contribution in [-0.4, -0.2) is 53.8 Å². The molecule has 9 nitrogen and oxygen atoms in total. The van der Waals surface area contributed by atoms with Crippen molar-refractivity contribution in [2.24, 2.45) is 34.0 Å². The molecule has 3 rings (SSSR count). The molecule has 3 amide bonds. The quantitative estimate of drug-likeness (QED) is 0.265. The summed E-state index contributed by atoms with van der Waals surface area (Å²) in [6.45, 7) is 0.847.